The molecule has 0 heterocycles. The van der Waals surface area contributed by atoms with Crippen molar-refractivity contribution in [1.82, 2.24) is 4.72 Å². The molecule has 0 aromatic heterocycles. The molecule has 0 unspecified atom stereocenters. The Bertz CT molecular complexity index is 521. The third kappa shape index (κ3) is 3.12. The van der Waals surface area contributed by atoms with Crippen LogP contribution in [0, 0.1) is 5.92 Å². The number of fused-ring (bicyclic) bond motifs is 1. The summed E-state index contributed by atoms with van der Waals surface area (Å²) in [4.78, 5) is 0.409. The van der Waals surface area contributed by atoms with Crippen LogP contribution in [0.3, 0.4) is 0 Å². The lowest BCUT2D eigenvalue weighted by Gasteiger charge is -2.09. The minimum Gasteiger partial charge on any atom is -0.211 e. The van der Waals surface area contributed by atoms with Crippen molar-refractivity contribution in [3.05, 3.63) is 29.3 Å². The Labute approximate surface area is 110 Å². The van der Waals surface area contributed by atoms with Crippen molar-refractivity contribution in [3.63, 3.8) is 0 Å². The highest BCUT2D eigenvalue weighted by Gasteiger charge is 2.17. The molecule has 0 aliphatic heterocycles. The summed E-state index contributed by atoms with van der Waals surface area (Å²) in [7, 11) is -3.33. The maximum Gasteiger partial charge on any atom is 0.240 e. The van der Waals surface area contributed by atoms with Crippen molar-refractivity contribution >= 4 is 10.0 Å². The Balaban J connectivity index is 2.10. The van der Waals surface area contributed by atoms with Gasteiger partial charge < -0.3 is 0 Å². The van der Waals surface area contributed by atoms with E-state index in [1.54, 1.807) is 6.07 Å². The van der Waals surface area contributed by atoms with Gasteiger partial charge in [0.15, 0.2) is 0 Å². The number of sulfonamides is 1. The normalized spacial score (nSPS) is 15.1. The van der Waals surface area contributed by atoms with Crippen molar-refractivity contribution in [1.29, 1.82) is 0 Å². The Morgan fingerprint density at radius 1 is 1.22 bits per heavy atom. The summed E-state index contributed by atoms with van der Waals surface area (Å²) in [6.45, 7) is 4.68. The third-order valence-corrected chi connectivity index (χ3v) is 4.85. The van der Waals surface area contributed by atoms with Crippen LogP contribution in [0.25, 0.3) is 0 Å². The van der Waals surface area contributed by atoms with E-state index in [-0.39, 0.29) is 0 Å². The van der Waals surface area contributed by atoms with Gasteiger partial charge >= 0.3 is 0 Å². The van der Waals surface area contributed by atoms with Crippen LogP contribution in [0.15, 0.2) is 23.1 Å². The maximum atomic E-state index is 12.1. The van der Waals surface area contributed by atoms with Gasteiger partial charge in [-0.25, -0.2) is 13.1 Å². The molecule has 1 aromatic carbocycles. The molecule has 0 amide bonds. The van der Waals surface area contributed by atoms with E-state index in [2.05, 4.69) is 18.6 Å². The number of benzene rings is 1. The fourth-order valence-corrected chi connectivity index (χ4v) is 3.38. The molecule has 0 saturated heterocycles. The van der Waals surface area contributed by atoms with E-state index >= 15 is 0 Å². The molecule has 0 fully saturated rings. The lowest BCUT2D eigenvalue weighted by molar-refractivity contribution is 0.551. The van der Waals surface area contributed by atoms with Crippen LogP contribution < -0.4 is 4.72 Å². The SMILES string of the molecule is CC(C)CCNS(=O)(=O)c1ccc2c(c1)CCC2. The zero-order valence-electron chi connectivity index (χ0n) is 11.1. The van der Waals surface area contributed by atoms with E-state index in [4.69, 9.17) is 0 Å². The predicted octanol–water partition coefficient (Wildman–Crippen LogP) is 2.50. The van der Waals surface area contributed by atoms with Crippen LogP contribution in [0.2, 0.25) is 0 Å². The fourth-order valence-electron chi connectivity index (χ4n) is 2.28. The highest BCUT2D eigenvalue weighted by atomic mass is 32.2. The molecule has 1 aromatic rings. The number of rotatable bonds is 5. The summed E-state index contributed by atoms with van der Waals surface area (Å²) in [6, 6.07) is 5.52. The number of nitrogens with one attached hydrogen (secondary N) is 1. The first-order valence-electron chi connectivity index (χ1n) is 6.60. The van der Waals surface area contributed by atoms with Crippen molar-refractivity contribution in [2.45, 2.75) is 44.4 Å². The molecule has 18 heavy (non-hydrogen) atoms. The van der Waals surface area contributed by atoms with Crippen LogP contribution >= 0.6 is 0 Å². The van der Waals surface area contributed by atoms with E-state index in [9.17, 15) is 8.42 Å². The molecule has 0 saturated carbocycles. The minimum absolute atomic E-state index is 0.409. The molecule has 0 spiro atoms. The van der Waals surface area contributed by atoms with Crippen LogP contribution in [-0.2, 0) is 22.9 Å². The zero-order valence-corrected chi connectivity index (χ0v) is 11.9. The standard InChI is InChI=1S/C14H21NO2S/c1-11(2)8-9-15-18(16,17)14-7-6-12-4-3-5-13(12)10-14/h6-7,10-11,15H,3-5,8-9H2,1-2H3. The third-order valence-electron chi connectivity index (χ3n) is 3.39. The molecule has 1 aliphatic rings. The van der Waals surface area contributed by atoms with Gasteiger partial charge in [-0.3, -0.25) is 0 Å². The van der Waals surface area contributed by atoms with E-state index in [0.717, 1.165) is 25.7 Å². The first-order chi connectivity index (χ1) is 8.49. The Morgan fingerprint density at radius 2 is 1.94 bits per heavy atom. The smallest absolute Gasteiger partial charge is 0.211 e. The second-order valence-electron chi connectivity index (χ2n) is 5.36. The second kappa shape index (κ2) is 5.41. The summed E-state index contributed by atoms with van der Waals surface area (Å²) < 4.78 is 26.9. The molecule has 1 aliphatic carbocycles. The van der Waals surface area contributed by atoms with Crippen molar-refractivity contribution in [3.8, 4) is 0 Å². The predicted molar refractivity (Wildman–Crippen MR) is 73.1 cm³/mol. The molecule has 4 heteroatoms. The van der Waals surface area contributed by atoms with Crippen LogP contribution in [0.5, 0.6) is 0 Å². The molecule has 1 N–H and O–H groups in total. The number of hydrogen-bond acceptors (Lipinski definition) is 2. The van der Waals surface area contributed by atoms with E-state index in [1.165, 1.54) is 11.1 Å². The summed E-state index contributed by atoms with van der Waals surface area (Å²) in [5.41, 5.74) is 2.50. The highest BCUT2D eigenvalue weighted by molar-refractivity contribution is 7.89. The van der Waals surface area contributed by atoms with Gasteiger partial charge in [0.05, 0.1) is 4.90 Å². The van der Waals surface area contributed by atoms with Gasteiger partial charge in [-0.2, -0.15) is 0 Å². The van der Waals surface area contributed by atoms with E-state index in [0.29, 0.717) is 17.4 Å². The topological polar surface area (TPSA) is 46.2 Å². The van der Waals surface area contributed by atoms with Gasteiger partial charge in [-0.05, 0) is 54.9 Å². The lowest BCUT2D eigenvalue weighted by atomic mass is 10.1. The summed E-state index contributed by atoms with van der Waals surface area (Å²) in [5, 5.41) is 0. The highest BCUT2D eigenvalue weighted by Crippen LogP contribution is 2.24. The molecular formula is C14H21NO2S. The van der Waals surface area contributed by atoms with Crippen LogP contribution in [-0.4, -0.2) is 15.0 Å². The molecule has 2 rings (SSSR count). The summed E-state index contributed by atoms with van der Waals surface area (Å²) in [5.74, 6) is 0.507. The number of aryl methyl sites for hydroxylation is 2. The van der Waals surface area contributed by atoms with Crippen molar-refractivity contribution < 1.29 is 8.42 Å². The van der Waals surface area contributed by atoms with Crippen LogP contribution in [0.1, 0.15) is 37.8 Å². The first kappa shape index (κ1) is 13.6. The van der Waals surface area contributed by atoms with E-state index < -0.39 is 10.0 Å². The Kier molecular flexibility index (Phi) is 4.07. The fraction of sp³-hybridized carbons (Fsp3) is 0.571. The summed E-state index contributed by atoms with van der Waals surface area (Å²) >= 11 is 0. The van der Waals surface area contributed by atoms with Gasteiger partial charge in [-0.15, -0.1) is 0 Å². The molecule has 0 radical (unpaired) electrons. The second-order valence-corrected chi connectivity index (χ2v) is 7.13. The first-order valence-corrected chi connectivity index (χ1v) is 8.09. The quantitative estimate of drug-likeness (QED) is 0.891. The summed E-state index contributed by atoms with van der Waals surface area (Å²) in [6.07, 6.45) is 4.09. The van der Waals surface area contributed by atoms with Gasteiger partial charge in [0, 0.05) is 6.54 Å². The van der Waals surface area contributed by atoms with Gasteiger partial charge in [0.1, 0.15) is 0 Å². The molecule has 0 atom stereocenters. The zero-order chi connectivity index (χ0) is 13.2. The van der Waals surface area contributed by atoms with Gasteiger partial charge in [-0.1, -0.05) is 19.9 Å². The molecule has 100 valence electrons. The largest absolute Gasteiger partial charge is 0.240 e. The monoisotopic (exact) mass is 267 g/mol. The average Bonchev–Trinajstić information content (AvgIpc) is 2.74. The van der Waals surface area contributed by atoms with Crippen LogP contribution in [0.4, 0.5) is 0 Å². The molecule has 0 bridgehead atoms. The minimum atomic E-state index is -3.33. The van der Waals surface area contributed by atoms with Crippen molar-refractivity contribution in [2.75, 3.05) is 6.54 Å². The van der Waals surface area contributed by atoms with Gasteiger partial charge in [0.25, 0.3) is 0 Å². The molecule has 3 nitrogen and oxygen atoms in total. The average molecular weight is 267 g/mol. The Hall–Kier alpha value is -0.870. The maximum absolute atomic E-state index is 12.1. The number of hydrogen-bond donors (Lipinski definition) is 1. The van der Waals surface area contributed by atoms with Crippen molar-refractivity contribution in [2.24, 2.45) is 5.92 Å². The van der Waals surface area contributed by atoms with E-state index in [1.807, 2.05) is 12.1 Å². The van der Waals surface area contributed by atoms with Gasteiger partial charge in [0.2, 0.25) is 10.0 Å². The lowest BCUT2D eigenvalue weighted by Crippen LogP contribution is -2.25. The molecular weight excluding hydrogens is 246 g/mol. The Morgan fingerprint density at radius 3 is 2.67 bits per heavy atom.